The maximum atomic E-state index is 6.35. The van der Waals surface area contributed by atoms with Gasteiger partial charge >= 0.3 is 0 Å². The fourth-order valence-electron chi connectivity index (χ4n) is 3.19. The summed E-state index contributed by atoms with van der Waals surface area (Å²) in [7, 11) is 8.44. The minimum atomic E-state index is 0.370. The zero-order valence-electron chi connectivity index (χ0n) is 13.8. The Kier molecular flexibility index (Phi) is 3.68. The summed E-state index contributed by atoms with van der Waals surface area (Å²) in [5, 5.41) is 8.88. The molecule has 0 aliphatic carbocycles. The standard InChI is InChI=1S/C18H17B2N4/c1-12(2)20-24-18-14-8-4-3-7-13(14)11-23(19)16-10-6-5-9-15(16)17(18)21-22-24/h3-10,12H,11H2,1-2H3. The van der Waals surface area contributed by atoms with E-state index in [1.807, 2.05) is 34.9 Å². The molecule has 3 aromatic rings. The van der Waals surface area contributed by atoms with Gasteiger partial charge < -0.3 is 4.81 Å². The Bertz CT molecular complexity index is 888. The lowest BCUT2D eigenvalue weighted by molar-refractivity contribution is 0.848. The van der Waals surface area contributed by atoms with Crippen LogP contribution in [0, 0.1) is 0 Å². The summed E-state index contributed by atoms with van der Waals surface area (Å²) >= 11 is 0. The number of anilines is 1. The second kappa shape index (κ2) is 5.86. The van der Waals surface area contributed by atoms with Crippen molar-refractivity contribution in [2.75, 3.05) is 4.81 Å². The number of nitrogens with zero attached hydrogens (tertiary/aromatic N) is 4. The molecule has 4 rings (SSSR count). The molecule has 1 aromatic heterocycles. The Labute approximate surface area is 144 Å². The van der Waals surface area contributed by atoms with Gasteiger partial charge in [-0.25, -0.2) is 0 Å². The lowest BCUT2D eigenvalue weighted by Crippen LogP contribution is -2.22. The van der Waals surface area contributed by atoms with Gasteiger partial charge in [-0.15, -0.1) is 5.10 Å². The maximum Gasteiger partial charge on any atom is 0.285 e. The Morgan fingerprint density at radius 2 is 1.75 bits per heavy atom. The van der Waals surface area contributed by atoms with E-state index in [0.29, 0.717) is 12.4 Å². The summed E-state index contributed by atoms with van der Waals surface area (Å²) in [5.41, 5.74) is 6.15. The van der Waals surface area contributed by atoms with Crippen molar-refractivity contribution >= 4 is 21.1 Å². The second-order valence-electron chi connectivity index (χ2n) is 6.43. The number of fused-ring (bicyclic) bond motifs is 5. The molecule has 0 fully saturated rings. The topological polar surface area (TPSA) is 34.0 Å². The first-order chi connectivity index (χ1) is 11.6. The molecule has 2 aromatic carbocycles. The van der Waals surface area contributed by atoms with Crippen molar-refractivity contribution < 1.29 is 0 Å². The van der Waals surface area contributed by atoms with Gasteiger partial charge in [-0.2, -0.15) is 0 Å². The van der Waals surface area contributed by atoms with Gasteiger partial charge in [0.25, 0.3) is 7.41 Å². The zero-order chi connectivity index (χ0) is 16.7. The van der Waals surface area contributed by atoms with Gasteiger partial charge in [-0.05, 0) is 17.4 Å². The average molecular weight is 311 g/mol. The van der Waals surface area contributed by atoms with E-state index < -0.39 is 0 Å². The van der Waals surface area contributed by atoms with Crippen LogP contribution < -0.4 is 4.81 Å². The molecule has 3 radical (unpaired) electrons. The van der Waals surface area contributed by atoms with E-state index in [0.717, 1.165) is 33.8 Å². The molecule has 6 heteroatoms. The molecule has 24 heavy (non-hydrogen) atoms. The van der Waals surface area contributed by atoms with Crippen LogP contribution >= 0.6 is 0 Å². The van der Waals surface area contributed by atoms with Crippen LogP contribution in [0.5, 0.6) is 0 Å². The smallest absolute Gasteiger partial charge is 0.285 e. The van der Waals surface area contributed by atoms with E-state index in [2.05, 4.69) is 49.8 Å². The molecular formula is C18H17B2N4. The van der Waals surface area contributed by atoms with Crippen molar-refractivity contribution in [3.05, 3.63) is 54.1 Å². The summed E-state index contributed by atoms with van der Waals surface area (Å²) < 4.78 is 1.90. The normalized spacial score (nSPS) is 12.9. The fraction of sp³-hybridized carbons (Fsp3) is 0.222. The van der Waals surface area contributed by atoms with Gasteiger partial charge in [-0.3, -0.25) is 4.59 Å². The highest BCUT2D eigenvalue weighted by Crippen LogP contribution is 2.40. The number of para-hydroxylation sites is 1. The van der Waals surface area contributed by atoms with Crippen LogP contribution in [0.1, 0.15) is 19.4 Å². The maximum absolute atomic E-state index is 6.35. The molecule has 115 valence electrons. The third-order valence-corrected chi connectivity index (χ3v) is 4.22. The predicted octanol–water partition coefficient (Wildman–Crippen LogP) is 3.31. The number of hydrogen-bond donors (Lipinski definition) is 0. The minimum absolute atomic E-state index is 0.370. The molecular weight excluding hydrogens is 294 g/mol. The first-order valence-corrected chi connectivity index (χ1v) is 8.15. The molecule has 0 atom stereocenters. The van der Waals surface area contributed by atoms with E-state index in [4.69, 9.17) is 7.98 Å². The molecule has 0 saturated carbocycles. The molecule has 0 unspecified atom stereocenters. The minimum Gasteiger partial charge on any atom is -0.420 e. The molecule has 0 amide bonds. The van der Waals surface area contributed by atoms with Crippen LogP contribution in [0.3, 0.4) is 0 Å². The highest BCUT2D eigenvalue weighted by atomic mass is 15.4. The van der Waals surface area contributed by atoms with Crippen LogP contribution in [0.4, 0.5) is 5.69 Å². The van der Waals surface area contributed by atoms with Crippen LogP contribution in [0.2, 0.25) is 5.82 Å². The molecule has 0 bridgehead atoms. The van der Waals surface area contributed by atoms with Gasteiger partial charge in [0.2, 0.25) is 7.98 Å². The van der Waals surface area contributed by atoms with Gasteiger partial charge in [-0.1, -0.05) is 61.5 Å². The quantitative estimate of drug-likeness (QED) is 0.681. The molecule has 1 aliphatic rings. The van der Waals surface area contributed by atoms with E-state index in [9.17, 15) is 0 Å². The monoisotopic (exact) mass is 311 g/mol. The van der Waals surface area contributed by atoms with Crippen molar-refractivity contribution in [3.63, 3.8) is 0 Å². The summed E-state index contributed by atoms with van der Waals surface area (Å²) in [5.74, 6) is 0.370. The first-order valence-electron chi connectivity index (χ1n) is 8.15. The van der Waals surface area contributed by atoms with Crippen molar-refractivity contribution in [1.82, 2.24) is 14.9 Å². The summed E-state index contributed by atoms with van der Waals surface area (Å²) in [4.78, 5) is 1.78. The Balaban J connectivity index is 2.03. The molecule has 4 nitrogen and oxygen atoms in total. The lowest BCUT2D eigenvalue weighted by Gasteiger charge is -2.27. The van der Waals surface area contributed by atoms with Crippen molar-refractivity contribution in [3.8, 4) is 22.5 Å². The first kappa shape index (κ1) is 15.1. The van der Waals surface area contributed by atoms with E-state index in [1.54, 1.807) is 4.81 Å². The van der Waals surface area contributed by atoms with Crippen molar-refractivity contribution in [2.24, 2.45) is 0 Å². The molecule has 0 N–H and O–H groups in total. The SMILES string of the molecule is [B]N1Cc2ccccc2-c2c(nnn2[B]C(C)C)-c2ccccc21. The van der Waals surface area contributed by atoms with Crippen LogP contribution in [-0.2, 0) is 6.54 Å². The van der Waals surface area contributed by atoms with Crippen molar-refractivity contribution in [1.29, 1.82) is 0 Å². The summed E-state index contributed by atoms with van der Waals surface area (Å²) in [6.45, 7) is 4.91. The van der Waals surface area contributed by atoms with E-state index in [1.165, 1.54) is 0 Å². The zero-order valence-corrected chi connectivity index (χ0v) is 13.8. The molecule has 2 heterocycles. The van der Waals surface area contributed by atoms with E-state index >= 15 is 0 Å². The summed E-state index contributed by atoms with van der Waals surface area (Å²) in [6, 6.07) is 16.4. The van der Waals surface area contributed by atoms with Gasteiger partial charge in [0.15, 0.2) is 0 Å². The van der Waals surface area contributed by atoms with Crippen LogP contribution in [-0.4, -0.2) is 30.3 Å². The highest BCUT2D eigenvalue weighted by molar-refractivity contribution is 6.36. The number of aromatic nitrogens is 3. The number of benzene rings is 2. The predicted molar refractivity (Wildman–Crippen MR) is 99.1 cm³/mol. The van der Waals surface area contributed by atoms with Crippen LogP contribution in [0.25, 0.3) is 22.5 Å². The number of rotatable bonds is 2. The highest BCUT2D eigenvalue weighted by Gasteiger charge is 2.25. The Morgan fingerprint density at radius 1 is 1.04 bits per heavy atom. The average Bonchev–Trinajstić information content (AvgIpc) is 2.96. The third-order valence-electron chi connectivity index (χ3n) is 4.22. The molecule has 1 aliphatic heterocycles. The van der Waals surface area contributed by atoms with Crippen LogP contribution in [0.15, 0.2) is 48.5 Å². The fourth-order valence-corrected chi connectivity index (χ4v) is 3.19. The Hall–Kier alpha value is -2.49. The lowest BCUT2D eigenvalue weighted by atomic mass is 9.78. The second-order valence-corrected chi connectivity index (χ2v) is 6.43. The van der Waals surface area contributed by atoms with Gasteiger partial charge in [0.05, 0.1) is 5.69 Å². The van der Waals surface area contributed by atoms with E-state index in [-0.39, 0.29) is 0 Å². The number of hydrogen-bond acceptors (Lipinski definition) is 3. The molecule has 0 spiro atoms. The van der Waals surface area contributed by atoms with Crippen molar-refractivity contribution in [2.45, 2.75) is 26.2 Å². The largest absolute Gasteiger partial charge is 0.420 e. The molecule has 0 saturated heterocycles. The summed E-state index contributed by atoms with van der Waals surface area (Å²) in [6.07, 6.45) is 0. The van der Waals surface area contributed by atoms with Gasteiger partial charge in [0.1, 0.15) is 5.69 Å². The third kappa shape index (κ3) is 2.42. The van der Waals surface area contributed by atoms with Gasteiger partial charge in [0, 0.05) is 23.4 Å². The Morgan fingerprint density at radius 3 is 2.54 bits per heavy atom.